The molecule has 1 rings (SSSR count). The standard InChI is InChI=1S/C10H18O2S/c1-7-5-3-4-6-9(7)12-10(11)8(2)13/h7-9,13H,3-6H2,1-2H3. The number of carbonyl (C=O) groups excluding carboxylic acids is 1. The maximum atomic E-state index is 11.3. The minimum atomic E-state index is -0.297. The van der Waals surface area contributed by atoms with Crippen molar-refractivity contribution in [1.82, 2.24) is 0 Å². The van der Waals surface area contributed by atoms with Gasteiger partial charge in [-0.3, -0.25) is 4.79 Å². The van der Waals surface area contributed by atoms with Crippen LogP contribution < -0.4 is 0 Å². The van der Waals surface area contributed by atoms with Crippen molar-refractivity contribution >= 4 is 18.6 Å². The van der Waals surface area contributed by atoms with Gasteiger partial charge in [0, 0.05) is 0 Å². The van der Waals surface area contributed by atoms with Gasteiger partial charge in [-0.25, -0.2) is 0 Å². The van der Waals surface area contributed by atoms with Crippen molar-refractivity contribution in [2.75, 3.05) is 0 Å². The van der Waals surface area contributed by atoms with E-state index in [9.17, 15) is 4.79 Å². The number of rotatable bonds is 2. The van der Waals surface area contributed by atoms with Gasteiger partial charge in [0.15, 0.2) is 0 Å². The van der Waals surface area contributed by atoms with Crippen LogP contribution in [0.4, 0.5) is 0 Å². The molecule has 3 heteroatoms. The van der Waals surface area contributed by atoms with Crippen molar-refractivity contribution in [3.05, 3.63) is 0 Å². The molecule has 0 N–H and O–H groups in total. The van der Waals surface area contributed by atoms with Crippen LogP contribution in [0.1, 0.15) is 39.5 Å². The van der Waals surface area contributed by atoms with Crippen LogP contribution in [0.2, 0.25) is 0 Å². The molecule has 0 saturated heterocycles. The molecule has 0 bridgehead atoms. The molecule has 0 aromatic heterocycles. The Morgan fingerprint density at radius 2 is 2.08 bits per heavy atom. The lowest BCUT2D eigenvalue weighted by Gasteiger charge is -2.28. The lowest BCUT2D eigenvalue weighted by Crippen LogP contribution is -2.30. The molecule has 0 amide bonds. The zero-order chi connectivity index (χ0) is 9.84. The highest BCUT2D eigenvalue weighted by Crippen LogP contribution is 2.26. The summed E-state index contributed by atoms with van der Waals surface area (Å²) < 4.78 is 5.35. The Morgan fingerprint density at radius 3 is 2.62 bits per heavy atom. The lowest BCUT2D eigenvalue weighted by molar-refractivity contribution is -0.152. The summed E-state index contributed by atoms with van der Waals surface area (Å²) in [7, 11) is 0. The van der Waals surface area contributed by atoms with E-state index in [1.807, 2.05) is 0 Å². The Hall–Kier alpha value is -0.180. The van der Waals surface area contributed by atoms with E-state index in [2.05, 4.69) is 19.6 Å². The first-order chi connectivity index (χ1) is 6.11. The van der Waals surface area contributed by atoms with E-state index in [4.69, 9.17) is 4.74 Å². The number of esters is 1. The van der Waals surface area contributed by atoms with Gasteiger partial charge in [-0.2, -0.15) is 12.6 Å². The summed E-state index contributed by atoms with van der Waals surface area (Å²) in [5, 5.41) is -0.297. The van der Waals surface area contributed by atoms with Crippen molar-refractivity contribution in [2.24, 2.45) is 5.92 Å². The van der Waals surface area contributed by atoms with Crippen molar-refractivity contribution in [2.45, 2.75) is 50.9 Å². The fourth-order valence-corrected chi connectivity index (χ4v) is 1.77. The van der Waals surface area contributed by atoms with Crippen LogP contribution in [-0.4, -0.2) is 17.3 Å². The Kier molecular flexibility index (Phi) is 4.10. The van der Waals surface area contributed by atoms with Gasteiger partial charge in [0.25, 0.3) is 0 Å². The van der Waals surface area contributed by atoms with E-state index in [-0.39, 0.29) is 17.3 Å². The normalized spacial score (nSPS) is 31.0. The third-order valence-electron chi connectivity index (χ3n) is 2.64. The summed E-state index contributed by atoms with van der Waals surface area (Å²) in [5.74, 6) is 0.340. The maximum absolute atomic E-state index is 11.3. The molecule has 2 nitrogen and oxygen atoms in total. The second kappa shape index (κ2) is 4.89. The van der Waals surface area contributed by atoms with Gasteiger partial charge >= 0.3 is 5.97 Å². The van der Waals surface area contributed by atoms with Crippen molar-refractivity contribution in [3.8, 4) is 0 Å². The predicted molar refractivity (Wildman–Crippen MR) is 56.0 cm³/mol. The third-order valence-corrected chi connectivity index (χ3v) is 2.85. The molecule has 0 aliphatic heterocycles. The molecule has 0 spiro atoms. The fraction of sp³-hybridized carbons (Fsp3) is 0.900. The summed E-state index contributed by atoms with van der Waals surface area (Å²) in [6.45, 7) is 3.90. The number of ether oxygens (including phenoxy) is 1. The van der Waals surface area contributed by atoms with E-state index >= 15 is 0 Å². The average Bonchev–Trinajstić information content (AvgIpc) is 2.08. The van der Waals surface area contributed by atoms with Gasteiger partial charge in [-0.1, -0.05) is 13.3 Å². The van der Waals surface area contributed by atoms with Gasteiger partial charge in [0.05, 0.1) is 5.25 Å². The molecule has 0 heterocycles. The van der Waals surface area contributed by atoms with Crippen LogP contribution in [0.3, 0.4) is 0 Å². The topological polar surface area (TPSA) is 26.3 Å². The van der Waals surface area contributed by atoms with Crippen molar-refractivity contribution in [3.63, 3.8) is 0 Å². The van der Waals surface area contributed by atoms with Crippen molar-refractivity contribution in [1.29, 1.82) is 0 Å². The average molecular weight is 202 g/mol. The minimum Gasteiger partial charge on any atom is -0.461 e. The highest BCUT2D eigenvalue weighted by molar-refractivity contribution is 7.81. The van der Waals surface area contributed by atoms with E-state index in [1.165, 1.54) is 19.3 Å². The molecule has 1 fully saturated rings. The zero-order valence-electron chi connectivity index (χ0n) is 8.32. The molecular formula is C10H18O2S. The molecule has 13 heavy (non-hydrogen) atoms. The molecule has 0 radical (unpaired) electrons. The minimum absolute atomic E-state index is 0.135. The number of thiol groups is 1. The fourth-order valence-electron chi connectivity index (χ4n) is 1.70. The monoisotopic (exact) mass is 202 g/mol. The summed E-state index contributed by atoms with van der Waals surface area (Å²) in [6.07, 6.45) is 4.79. The van der Waals surface area contributed by atoms with Gasteiger partial charge in [0.1, 0.15) is 6.10 Å². The highest BCUT2D eigenvalue weighted by Gasteiger charge is 2.25. The SMILES string of the molecule is CC(S)C(=O)OC1CCCCC1C. The first-order valence-corrected chi connectivity index (χ1v) is 5.51. The largest absolute Gasteiger partial charge is 0.461 e. The van der Waals surface area contributed by atoms with E-state index in [0.717, 1.165) is 6.42 Å². The van der Waals surface area contributed by atoms with Crippen LogP contribution in [0.5, 0.6) is 0 Å². The van der Waals surface area contributed by atoms with Gasteiger partial charge in [0.2, 0.25) is 0 Å². The summed E-state index contributed by atoms with van der Waals surface area (Å²) in [4.78, 5) is 11.3. The number of hydrogen-bond donors (Lipinski definition) is 1. The third kappa shape index (κ3) is 3.22. The van der Waals surface area contributed by atoms with Crippen LogP contribution in [0.15, 0.2) is 0 Å². The molecule has 76 valence electrons. The van der Waals surface area contributed by atoms with Crippen molar-refractivity contribution < 1.29 is 9.53 Å². The van der Waals surface area contributed by atoms with Crippen LogP contribution in [0.25, 0.3) is 0 Å². The number of carbonyl (C=O) groups is 1. The van der Waals surface area contributed by atoms with Crippen LogP contribution in [-0.2, 0) is 9.53 Å². The van der Waals surface area contributed by atoms with E-state index in [1.54, 1.807) is 6.92 Å². The quantitative estimate of drug-likeness (QED) is 0.550. The molecule has 3 unspecified atom stereocenters. The molecular weight excluding hydrogens is 184 g/mol. The van der Waals surface area contributed by atoms with Gasteiger partial charge in [-0.15, -0.1) is 0 Å². The summed E-state index contributed by atoms with van der Waals surface area (Å²) >= 11 is 4.05. The smallest absolute Gasteiger partial charge is 0.318 e. The second-order valence-corrected chi connectivity index (χ2v) is 4.69. The number of hydrogen-bond acceptors (Lipinski definition) is 3. The van der Waals surface area contributed by atoms with E-state index < -0.39 is 0 Å². The van der Waals surface area contributed by atoms with Gasteiger partial charge < -0.3 is 4.74 Å². The molecule has 1 saturated carbocycles. The Morgan fingerprint density at radius 1 is 1.46 bits per heavy atom. The molecule has 1 aliphatic carbocycles. The zero-order valence-corrected chi connectivity index (χ0v) is 9.22. The maximum Gasteiger partial charge on any atom is 0.318 e. The second-order valence-electron chi connectivity index (χ2n) is 3.91. The first-order valence-electron chi connectivity index (χ1n) is 5.00. The highest BCUT2D eigenvalue weighted by atomic mass is 32.1. The Bertz CT molecular complexity index is 180. The Labute approximate surface area is 85.4 Å². The van der Waals surface area contributed by atoms with Gasteiger partial charge in [-0.05, 0) is 32.1 Å². The summed E-state index contributed by atoms with van der Waals surface area (Å²) in [5.41, 5.74) is 0. The van der Waals surface area contributed by atoms with E-state index in [0.29, 0.717) is 5.92 Å². The first kappa shape index (κ1) is 10.9. The molecule has 1 aliphatic rings. The lowest BCUT2D eigenvalue weighted by atomic mass is 9.88. The molecule has 3 atom stereocenters. The van der Waals surface area contributed by atoms with Crippen LogP contribution >= 0.6 is 12.6 Å². The summed E-state index contributed by atoms with van der Waals surface area (Å²) in [6, 6.07) is 0. The Balaban J connectivity index is 2.38. The predicted octanol–water partition coefficient (Wildman–Crippen LogP) is 2.43. The molecule has 0 aromatic rings. The molecule has 0 aromatic carbocycles. The van der Waals surface area contributed by atoms with Crippen LogP contribution in [0, 0.1) is 5.92 Å².